The van der Waals surface area contributed by atoms with E-state index in [0.717, 1.165) is 37.2 Å². The molecule has 2 aliphatic rings. The summed E-state index contributed by atoms with van der Waals surface area (Å²) < 4.78 is 0. The van der Waals surface area contributed by atoms with E-state index in [2.05, 4.69) is 14.8 Å². The molecule has 21 heavy (non-hydrogen) atoms. The lowest BCUT2D eigenvalue weighted by Crippen LogP contribution is -2.47. The zero-order valence-electron chi connectivity index (χ0n) is 12.7. The lowest BCUT2D eigenvalue weighted by atomic mass is 9.90. The number of anilines is 1. The fourth-order valence-corrected chi connectivity index (χ4v) is 3.64. The number of hydrogen-bond acceptors (Lipinski definition) is 5. The van der Waals surface area contributed by atoms with Gasteiger partial charge in [-0.2, -0.15) is 0 Å². The number of carboxylic acid groups (broad SMARTS) is 1. The average Bonchev–Trinajstić information content (AvgIpc) is 3.12. The van der Waals surface area contributed by atoms with Crippen molar-refractivity contribution < 1.29 is 9.90 Å². The highest BCUT2D eigenvalue weighted by Gasteiger charge is 2.33. The summed E-state index contributed by atoms with van der Waals surface area (Å²) in [5.41, 5.74) is -0.252. The second-order valence-corrected chi connectivity index (χ2v) is 7.51. The Bertz CT molecular complexity index is 517. The SMILES string of the molecule is CC(C)(C(=O)O)c1csc(N2CCN(CC3CC3)CC2)n1. The number of nitrogens with zero attached hydrogens (tertiary/aromatic N) is 3. The molecule has 116 valence electrons. The molecule has 0 atom stereocenters. The molecule has 0 aromatic carbocycles. The minimum absolute atomic E-state index is 0.662. The summed E-state index contributed by atoms with van der Waals surface area (Å²) in [4.78, 5) is 20.7. The number of thiazole rings is 1. The molecule has 6 heteroatoms. The molecular formula is C15H23N3O2S. The summed E-state index contributed by atoms with van der Waals surface area (Å²) in [6, 6.07) is 0. The Balaban J connectivity index is 1.60. The molecule has 3 rings (SSSR count). The van der Waals surface area contributed by atoms with Gasteiger partial charge in [-0.15, -0.1) is 11.3 Å². The van der Waals surface area contributed by atoms with Gasteiger partial charge >= 0.3 is 5.97 Å². The highest BCUT2D eigenvalue weighted by Crippen LogP contribution is 2.32. The van der Waals surface area contributed by atoms with Crippen LogP contribution in [0.1, 0.15) is 32.4 Å². The summed E-state index contributed by atoms with van der Waals surface area (Å²) in [5, 5.41) is 12.1. The Hall–Kier alpha value is -1.14. The summed E-state index contributed by atoms with van der Waals surface area (Å²) in [6.07, 6.45) is 2.81. The lowest BCUT2D eigenvalue weighted by molar-refractivity contribution is -0.142. The normalized spacial score (nSPS) is 20.8. The number of aliphatic carboxylic acids is 1. The van der Waals surface area contributed by atoms with Crippen LogP contribution in [-0.2, 0) is 10.2 Å². The van der Waals surface area contributed by atoms with Crippen LogP contribution in [0.5, 0.6) is 0 Å². The van der Waals surface area contributed by atoms with E-state index in [9.17, 15) is 9.90 Å². The van der Waals surface area contributed by atoms with Crippen LogP contribution < -0.4 is 4.90 Å². The molecule has 1 aromatic rings. The Labute approximate surface area is 129 Å². The minimum atomic E-state index is -0.914. The predicted octanol–water partition coefficient (Wildman–Crippen LogP) is 2.04. The molecule has 1 aliphatic carbocycles. The molecule has 2 fully saturated rings. The van der Waals surface area contributed by atoms with Gasteiger partial charge in [0.2, 0.25) is 0 Å². The molecule has 0 radical (unpaired) electrons. The Kier molecular flexibility index (Phi) is 3.92. The van der Waals surface area contributed by atoms with Crippen molar-refractivity contribution in [3.05, 3.63) is 11.1 Å². The summed E-state index contributed by atoms with van der Waals surface area (Å²) in [5.74, 6) is 0.119. The molecule has 1 saturated carbocycles. The van der Waals surface area contributed by atoms with Crippen LogP contribution in [-0.4, -0.2) is 53.7 Å². The van der Waals surface area contributed by atoms with Gasteiger partial charge < -0.3 is 10.0 Å². The zero-order chi connectivity index (χ0) is 15.0. The smallest absolute Gasteiger partial charge is 0.315 e. The third kappa shape index (κ3) is 3.21. The first-order valence-electron chi connectivity index (χ1n) is 7.63. The largest absolute Gasteiger partial charge is 0.481 e. The standard InChI is InChI=1S/C15H23N3O2S/c1-15(2,13(19)20)12-10-21-14(16-12)18-7-5-17(6-8-18)9-11-3-4-11/h10-11H,3-9H2,1-2H3,(H,19,20). The maximum atomic E-state index is 11.3. The Morgan fingerprint density at radius 3 is 2.62 bits per heavy atom. The van der Waals surface area contributed by atoms with Crippen molar-refractivity contribution in [1.29, 1.82) is 0 Å². The fourth-order valence-electron chi connectivity index (χ4n) is 2.59. The van der Waals surface area contributed by atoms with E-state index in [4.69, 9.17) is 0 Å². The van der Waals surface area contributed by atoms with Crippen molar-refractivity contribution in [3.63, 3.8) is 0 Å². The molecule has 5 nitrogen and oxygen atoms in total. The first-order valence-corrected chi connectivity index (χ1v) is 8.51. The van der Waals surface area contributed by atoms with Gasteiger partial charge in [-0.1, -0.05) is 0 Å². The van der Waals surface area contributed by atoms with Crippen molar-refractivity contribution >= 4 is 22.4 Å². The van der Waals surface area contributed by atoms with E-state index < -0.39 is 11.4 Å². The highest BCUT2D eigenvalue weighted by molar-refractivity contribution is 7.13. The molecular weight excluding hydrogens is 286 g/mol. The van der Waals surface area contributed by atoms with Crippen LogP contribution in [0.2, 0.25) is 0 Å². The van der Waals surface area contributed by atoms with Crippen molar-refractivity contribution in [1.82, 2.24) is 9.88 Å². The number of carbonyl (C=O) groups is 1. The molecule has 0 amide bonds. The zero-order valence-corrected chi connectivity index (χ0v) is 13.5. The summed E-state index contributed by atoms with van der Waals surface area (Å²) in [6.45, 7) is 8.84. The second-order valence-electron chi connectivity index (χ2n) is 6.68. The molecule has 1 saturated heterocycles. The van der Waals surface area contributed by atoms with Crippen LogP contribution >= 0.6 is 11.3 Å². The number of carboxylic acids is 1. The number of piperazine rings is 1. The van der Waals surface area contributed by atoms with Crippen molar-refractivity contribution in [2.45, 2.75) is 32.1 Å². The molecule has 0 unspecified atom stereocenters. The first kappa shape index (κ1) is 14.8. The lowest BCUT2D eigenvalue weighted by Gasteiger charge is -2.34. The molecule has 0 bridgehead atoms. The molecule has 1 aromatic heterocycles. The van der Waals surface area contributed by atoms with Gasteiger partial charge in [0.25, 0.3) is 0 Å². The van der Waals surface area contributed by atoms with E-state index in [-0.39, 0.29) is 0 Å². The van der Waals surface area contributed by atoms with E-state index in [0.29, 0.717) is 5.69 Å². The summed E-state index contributed by atoms with van der Waals surface area (Å²) in [7, 11) is 0. The maximum absolute atomic E-state index is 11.3. The molecule has 1 aliphatic heterocycles. The van der Waals surface area contributed by atoms with Crippen molar-refractivity contribution in [3.8, 4) is 0 Å². The Morgan fingerprint density at radius 2 is 2.05 bits per heavy atom. The fraction of sp³-hybridized carbons (Fsp3) is 0.733. The van der Waals surface area contributed by atoms with Crippen LogP contribution in [0.25, 0.3) is 0 Å². The molecule has 2 heterocycles. The third-order valence-electron chi connectivity index (χ3n) is 4.52. The van der Waals surface area contributed by atoms with Gasteiger partial charge in [-0.05, 0) is 32.6 Å². The van der Waals surface area contributed by atoms with Crippen LogP contribution in [0, 0.1) is 5.92 Å². The van der Waals surface area contributed by atoms with Crippen LogP contribution in [0.4, 0.5) is 5.13 Å². The third-order valence-corrected chi connectivity index (χ3v) is 5.42. The van der Waals surface area contributed by atoms with Crippen LogP contribution in [0.3, 0.4) is 0 Å². The van der Waals surface area contributed by atoms with Crippen LogP contribution in [0.15, 0.2) is 5.38 Å². The molecule has 0 spiro atoms. The van der Waals surface area contributed by atoms with Crippen molar-refractivity contribution in [2.75, 3.05) is 37.6 Å². The monoisotopic (exact) mass is 309 g/mol. The summed E-state index contributed by atoms with van der Waals surface area (Å²) >= 11 is 1.56. The average molecular weight is 309 g/mol. The van der Waals surface area contributed by atoms with Gasteiger partial charge in [-0.3, -0.25) is 9.69 Å². The van der Waals surface area contributed by atoms with Gasteiger partial charge in [0.1, 0.15) is 5.41 Å². The topological polar surface area (TPSA) is 56.7 Å². The molecule has 1 N–H and O–H groups in total. The Morgan fingerprint density at radius 1 is 1.38 bits per heavy atom. The quantitative estimate of drug-likeness (QED) is 0.902. The second kappa shape index (κ2) is 5.57. The van der Waals surface area contributed by atoms with E-state index in [1.807, 2.05) is 5.38 Å². The first-order chi connectivity index (χ1) is 9.96. The van der Waals surface area contributed by atoms with E-state index in [1.165, 1.54) is 19.4 Å². The van der Waals surface area contributed by atoms with Gasteiger partial charge in [-0.25, -0.2) is 4.98 Å². The van der Waals surface area contributed by atoms with E-state index >= 15 is 0 Å². The number of aromatic nitrogens is 1. The van der Waals surface area contributed by atoms with Gasteiger partial charge in [0.05, 0.1) is 5.69 Å². The van der Waals surface area contributed by atoms with E-state index in [1.54, 1.807) is 25.2 Å². The van der Waals surface area contributed by atoms with Crippen molar-refractivity contribution in [2.24, 2.45) is 5.92 Å². The van der Waals surface area contributed by atoms with Gasteiger partial charge in [0.15, 0.2) is 5.13 Å². The predicted molar refractivity (Wildman–Crippen MR) is 84.2 cm³/mol. The number of rotatable bonds is 5. The minimum Gasteiger partial charge on any atom is -0.481 e. The maximum Gasteiger partial charge on any atom is 0.315 e. The highest BCUT2D eigenvalue weighted by atomic mass is 32.1. The number of hydrogen-bond donors (Lipinski definition) is 1. The van der Waals surface area contributed by atoms with Gasteiger partial charge in [0, 0.05) is 38.1 Å².